The molecule has 0 aliphatic heterocycles. The van der Waals surface area contributed by atoms with Crippen molar-refractivity contribution in [3.05, 3.63) is 12.2 Å². The summed E-state index contributed by atoms with van der Waals surface area (Å²) in [6.45, 7) is 10.5. The van der Waals surface area contributed by atoms with Gasteiger partial charge in [-0.1, -0.05) is 27.7 Å². The monoisotopic (exact) mass is 254 g/mol. The highest BCUT2D eigenvalue weighted by Crippen LogP contribution is 2.21. The first-order valence-electron chi connectivity index (χ1n) is 6.70. The van der Waals surface area contributed by atoms with E-state index < -0.39 is 0 Å². The average Bonchev–Trinajstić information content (AvgIpc) is 2.71. The van der Waals surface area contributed by atoms with Crippen LogP contribution in [0.1, 0.15) is 46.4 Å². The minimum atomic E-state index is 0.123. The molecule has 0 fully saturated rings. The number of nitrogens with one attached hydrogen (secondary N) is 1. The van der Waals surface area contributed by atoms with Crippen LogP contribution < -0.4 is 5.32 Å². The van der Waals surface area contributed by atoms with Gasteiger partial charge in [-0.15, -0.1) is 0 Å². The highest BCUT2D eigenvalue weighted by Gasteiger charge is 2.23. The summed E-state index contributed by atoms with van der Waals surface area (Å²) in [6, 6.07) is 0.272. The van der Waals surface area contributed by atoms with Gasteiger partial charge in [0.15, 0.2) is 0 Å². The molecule has 2 N–H and O–H groups in total. The Kier molecular flexibility index (Phi) is 5.75. The molecule has 0 aromatic carbocycles. The maximum atomic E-state index is 9.12. The zero-order valence-corrected chi connectivity index (χ0v) is 12.0. The summed E-state index contributed by atoms with van der Waals surface area (Å²) in [6.07, 6.45) is 3.41. The lowest BCUT2D eigenvalue weighted by Crippen LogP contribution is -2.41. The topological polar surface area (TPSA) is 63.0 Å². The molecule has 0 radical (unpaired) electrons. The van der Waals surface area contributed by atoms with Gasteiger partial charge in [-0.05, 0) is 18.3 Å². The fourth-order valence-corrected chi connectivity index (χ4v) is 2.01. The molecule has 1 aromatic rings. The van der Waals surface area contributed by atoms with Crippen LogP contribution in [0.25, 0.3) is 0 Å². The first-order chi connectivity index (χ1) is 8.49. The van der Waals surface area contributed by atoms with Gasteiger partial charge >= 0.3 is 0 Å². The van der Waals surface area contributed by atoms with Crippen LogP contribution in [0.4, 0.5) is 0 Å². The summed E-state index contributed by atoms with van der Waals surface area (Å²) in [5.74, 6) is 0.962. The van der Waals surface area contributed by atoms with Gasteiger partial charge in [0.25, 0.3) is 0 Å². The maximum absolute atomic E-state index is 9.12. The summed E-state index contributed by atoms with van der Waals surface area (Å²) in [4.78, 5) is 4.28. The van der Waals surface area contributed by atoms with E-state index in [2.05, 4.69) is 43.1 Å². The Morgan fingerprint density at radius 2 is 2.17 bits per heavy atom. The van der Waals surface area contributed by atoms with Crippen molar-refractivity contribution in [1.29, 1.82) is 0 Å². The number of hydrogen-bond donors (Lipinski definition) is 2. The Balaban J connectivity index is 2.58. The molecule has 0 aliphatic carbocycles. The Labute approximate surface area is 110 Å². The molecule has 18 heavy (non-hydrogen) atoms. The lowest BCUT2D eigenvalue weighted by Gasteiger charge is -2.31. The highest BCUT2D eigenvalue weighted by atomic mass is 16.3. The Hall–Kier alpha value is -0.940. The normalized spacial score (nSPS) is 13.8. The molecule has 0 spiro atoms. The molecule has 0 saturated heterocycles. The third-order valence-corrected chi connectivity index (χ3v) is 3.10. The van der Waals surface area contributed by atoms with Gasteiger partial charge < -0.3 is 10.4 Å². The Morgan fingerprint density at radius 3 is 2.72 bits per heavy atom. The minimum absolute atomic E-state index is 0.123. The standard InChI is InChI=1S/C13H26N4O/c1-5-7-17-12(15-10-16-17)9-14-11(6-8-18)13(2,3)4/h10-11,14,18H,5-9H2,1-4H3. The van der Waals surface area contributed by atoms with Crippen LogP contribution in [0, 0.1) is 5.41 Å². The van der Waals surface area contributed by atoms with Gasteiger partial charge in [-0.3, -0.25) is 0 Å². The predicted molar refractivity (Wildman–Crippen MR) is 72.1 cm³/mol. The summed E-state index contributed by atoms with van der Waals surface area (Å²) < 4.78 is 1.94. The van der Waals surface area contributed by atoms with Gasteiger partial charge in [-0.2, -0.15) is 5.10 Å². The van der Waals surface area contributed by atoms with E-state index >= 15 is 0 Å². The molecule has 1 aromatic heterocycles. The van der Waals surface area contributed by atoms with Crippen LogP contribution in [0.15, 0.2) is 6.33 Å². The number of nitrogens with zero attached hydrogens (tertiary/aromatic N) is 3. The Morgan fingerprint density at radius 1 is 1.44 bits per heavy atom. The minimum Gasteiger partial charge on any atom is -0.396 e. The van der Waals surface area contributed by atoms with Gasteiger partial charge in [0.05, 0.1) is 6.54 Å². The number of aryl methyl sites for hydroxylation is 1. The molecule has 5 nitrogen and oxygen atoms in total. The third kappa shape index (κ3) is 4.38. The lowest BCUT2D eigenvalue weighted by molar-refractivity contribution is 0.195. The number of rotatable bonds is 7. The zero-order chi connectivity index (χ0) is 13.6. The highest BCUT2D eigenvalue weighted by molar-refractivity contribution is 4.87. The first kappa shape index (κ1) is 15.1. The van der Waals surface area contributed by atoms with Crippen molar-refractivity contribution in [1.82, 2.24) is 20.1 Å². The summed E-state index contributed by atoms with van der Waals surface area (Å²) in [5, 5.41) is 16.8. The molecular weight excluding hydrogens is 228 g/mol. The van der Waals surface area contributed by atoms with Crippen molar-refractivity contribution in [2.75, 3.05) is 6.61 Å². The molecule has 1 atom stereocenters. The fraction of sp³-hybridized carbons (Fsp3) is 0.846. The molecule has 1 unspecified atom stereocenters. The molecule has 0 aliphatic rings. The molecule has 104 valence electrons. The molecule has 1 rings (SSSR count). The van der Waals surface area contributed by atoms with Crippen molar-refractivity contribution >= 4 is 0 Å². The van der Waals surface area contributed by atoms with Crippen LogP contribution in [0.3, 0.4) is 0 Å². The van der Waals surface area contributed by atoms with Crippen molar-refractivity contribution in [3.63, 3.8) is 0 Å². The molecule has 1 heterocycles. The van der Waals surface area contributed by atoms with Crippen molar-refractivity contribution in [2.45, 2.75) is 59.7 Å². The van der Waals surface area contributed by atoms with Crippen molar-refractivity contribution in [2.24, 2.45) is 5.41 Å². The maximum Gasteiger partial charge on any atom is 0.140 e. The number of aromatic nitrogens is 3. The molecule has 0 amide bonds. The van der Waals surface area contributed by atoms with E-state index in [4.69, 9.17) is 5.11 Å². The van der Waals surface area contributed by atoms with Crippen LogP contribution in [-0.4, -0.2) is 32.5 Å². The second kappa shape index (κ2) is 6.85. The quantitative estimate of drug-likeness (QED) is 0.775. The van der Waals surface area contributed by atoms with Gasteiger partial charge in [-0.25, -0.2) is 9.67 Å². The van der Waals surface area contributed by atoms with E-state index in [1.165, 1.54) is 0 Å². The fourth-order valence-electron chi connectivity index (χ4n) is 2.01. The number of hydrogen-bond acceptors (Lipinski definition) is 4. The van der Waals surface area contributed by atoms with Gasteiger partial charge in [0.2, 0.25) is 0 Å². The molecular formula is C13H26N4O. The van der Waals surface area contributed by atoms with E-state index in [9.17, 15) is 0 Å². The number of aliphatic hydroxyl groups excluding tert-OH is 1. The van der Waals surface area contributed by atoms with E-state index in [-0.39, 0.29) is 18.1 Å². The zero-order valence-electron chi connectivity index (χ0n) is 12.0. The van der Waals surface area contributed by atoms with Crippen LogP contribution in [0.2, 0.25) is 0 Å². The summed E-state index contributed by atoms with van der Waals surface area (Å²) in [7, 11) is 0. The van der Waals surface area contributed by atoms with Gasteiger partial charge in [0, 0.05) is 19.2 Å². The second-order valence-electron chi connectivity index (χ2n) is 5.71. The summed E-state index contributed by atoms with van der Waals surface area (Å²) >= 11 is 0. The SMILES string of the molecule is CCCn1ncnc1CNC(CCO)C(C)(C)C. The molecule has 0 bridgehead atoms. The van der Waals surface area contributed by atoms with E-state index in [0.717, 1.165) is 25.2 Å². The smallest absolute Gasteiger partial charge is 0.140 e. The molecule has 0 saturated carbocycles. The predicted octanol–water partition coefficient (Wildman–Crippen LogP) is 1.57. The van der Waals surface area contributed by atoms with Crippen LogP contribution in [-0.2, 0) is 13.1 Å². The van der Waals surface area contributed by atoms with Gasteiger partial charge in [0.1, 0.15) is 12.2 Å². The largest absolute Gasteiger partial charge is 0.396 e. The van der Waals surface area contributed by atoms with Crippen LogP contribution >= 0.6 is 0 Å². The summed E-state index contributed by atoms with van der Waals surface area (Å²) in [5.41, 5.74) is 0.123. The van der Waals surface area contributed by atoms with Crippen molar-refractivity contribution < 1.29 is 5.11 Å². The van der Waals surface area contributed by atoms with Crippen molar-refractivity contribution in [3.8, 4) is 0 Å². The first-order valence-corrected chi connectivity index (χ1v) is 6.70. The van der Waals surface area contributed by atoms with Crippen LogP contribution in [0.5, 0.6) is 0 Å². The van der Waals surface area contributed by atoms with E-state index in [1.807, 2.05) is 4.68 Å². The van der Waals surface area contributed by atoms with E-state index in [0.29, 0.717) is 6.54 Å². The lowest BCUT2D eigenvalue weighted by atomic mass is 9.85. The number of aliphatic hydroxyl groups is 1. The average molecular weight is 254 g/mol. The third-order valence-electron chi connectivity index (χ3n) is 3.10. The van der Waals surface area contributed by atoms with E-state index in [1.54, 1.807) is 6.33 Å². The Bertz CT molecular complexity index is 343. The molecule has 5 heteroatoms. The second-order valence-corrected chi connectivity index (χ2v) is 5.71.